The van der Waals surface area contributed by atoms with Gasteiger partial charge in [-0.05, 0) is 19.1 Å². The predicted molar refractivity (Wildman–Crippen MR) is 63.9 cm³/mol. The Hall–Kier alpha value is -2.50. The molecule has 0 atom stereocenters. The van der Waals surface area contributed by atoms with Crippen LogP contribution in [0.5, 0.6) is 11.5 Å². The van der Waals surface area contributed by atoms with Crippen molar-refractivity contribution in [3.05, 3.63) is 46.4 Å². The van der Waals surface area contributed by atoms with Gasteiger partial charge >= 0.3 is 11.5 Å². The van der Waals surface area contributed by atoms with Crippen molar-refractivity contribution >= 4 is 5.97 Å². The first kappa shape index (κ1) is 12.0. The summed E-state index contributed by atoms with van der Waals surface area (Å²) in [6.07, 6.45) is 0. The molecule has 0 aliphatic rings. The minimum Gasteiger partial charge on any atom is -0.461 e. The summed E-state index contributed by atoms with van der Waals surface area (Å²) < 4.78 is 10.2. The third kappa shape index (κ3) is 2.42. The SMILES string of the molecule is CCOC(=O)c1[nH][nH]c(=O)c1Oc1ccccc1. The van der Waals surface area contributed by atoms with Crippen molar-refractivity contribution in [1.29, 1.82) is 0 Å². The number of aromatic amines is 2. The minimum atomic E-state index is -0.637. The molecule has 2 N–H and O–H groups in total. The van der Waals surface area contributed by atoms with Gasteiger partial charge in [-0.2, -0.15) is 0 Å². The highest BCUT2D eigenvalue weighted by molar-refractivity contribution is 5.90. The van der Waals surface area contributed by atoms with Gasteiger partial charge in [-0.15, -0.1) is 0 Å². The van der Waals surface area contributed by atoms with Gasteiger partial charge in [0.2, 0.25) is 5.75 Å². The van der Waals surface area contributed by atoms with Crippen LogP contribution in [0.25, 0.3) is 0 Å². The number of carbonyl (C=O) groups excluding carboxylic acids is 1. The van der Waals surface area contributed by atoms with E-state index < -0.39 is 11.5 Å². The van der Waals surface area contributed by atoms with Crippen molar-refractivity contribution < 1.29 is 14.3 Å². The molecule has 0 spiro atoms. The standard InChI is InChI=1S/C12H12N2O4/c1-2-17-12(16)9-10(11(15)14-13-9)18-8-6-4-3-5-7-8/h3-7H,2H2,1H3,(H2,13,14,15). The van der Waals surface area contributed by atoms with Gasteiger partial charge in [-0.1, -0.05) is 18.2 Å². The normalized spacial score (nSPS) is 10.1. The van der Waals surface area contributed by atoms with Crippen LogP contribution in [0.2, 0.25) is 0 Å². The summed E-state index contributed by atoms with van der Waals surface area (Å²) in [6.45, 7) is 1.90. The molecule has 94 valence electrons. The van der Waals surface area contributed by atoms with Gasteiger partial charge in [-0.25, -0.2) is 4.79 Å². The van der Waals surface area contributed by atoms with Gasteiger partial charge in [0.25, 0.3) is 0 Å². The lowest BCUT2D eigenvalue weighted by atomic mass is 10.3. The van der Waals surface area contributed by atoms with Crippen LogP contribution in [0.4, 0.5) is 0 Å². The Labute approximate surface area is 103 Å². The molecule has 1 aromatic carbocycles. The summed E-state index contributed by atoms with van der Waals surface area (Å²) in [5, 5.41) is 4.73. The second-order valence-electron chi connectivity index (χ2n) is 3.42. The Morgan fingerprint density at radius 3 is 2.61 bits per heavy atom. The third-order valence-corrected chi connectivity index (χ3v) is 2.18. The van der Waals surface area contributed by atoms with E-state index in [-0.39, 0.29) is 18.1 Å². The molecule has 0 unspecified atom stereocenters. The van der Waals surface area contributed by atoms with Gasteiger partial charge < -0.3 is 9.47 Å². The number of ether oxygens (including phenoxy) is 2. The smallest absolute Gasteiger partial charge is 0.360 e. The lowest BCUT2D eigenvalue weighted by Gasteiger charge is -2.04. The van der Waals surface area contributed by atoms with Crippen molar-refractivity contribution in [3.63, 3.8) is 0 Å². The first-order valence-corrected chi connectivity index (χ1v) is 5.43. The van der Waals surface area contributed by atoms with E-state index in [1.807, 2.05) is 6.07 Å². The average molecular weight is 248 g/mol. The minimum absolute atomic E-state index is 0.0225. The van der Waals surface area contributed by atoms with Crippen LogP contribution >= 0.6 is 0 Å². The summed E-state index contributed by atoms with van der Waals surface area (Å²) in [7, 11) is 0. The van der Waals surface area contributed by atoms with E-state index in [1.165, 1.54) is 0 Å². The predicted octanol–water partition coefficient (Wildman–Crippen LogP) is 1.67. The highest BCUT2D eigenvalue weighted by atomic mass is 16.5. The van der Waals surface area contributed by atoms with E-state index in [0.717, 1.165) is 0 Å². The Bertz CT molecular complexity index is 586. The zero-order valence-corrected chi connectivity index (χ0v) is 9.73. The number of para-hydroxylation sites is 1. The molecular weight excluding hydrogens is 236 g/mol. The molecule has 0 amide bonds. The van der Waals surface area contributed by atoms with Gasteiger partial charge in [0.15, 0.2) is 5.69 Å². The van der Waals surface area contributed by atoms with Crippen molar-refractivity contribution in [2.45, 2.75) is 6.92 Å². The summed E-state index contributed by atoms with van der Waals surface area (Å²) >= 11 is 0. The molecule has 1 aromatic heterocycles. The molecule has 1 heterocycles. The Balaban J connectivity index is 2.30. The second kappa shape index (κ2) is 5.22. The molecule has 0 fully saturated rings. The summed E-state index contributed by atoms with van der Waals surface area (Å²) in [4.78, 5) is 23.1. The number of carbonyl (C=O) groups is 1. The molecule has 6 nitrogen and oxygen atoms in total. The quantitative estimate of drug-likeness (QED) is 0.806. The van der Waals surface area contributed by atoms with E-state index in [2.05, 4.69) is 10.2 Å². The Morgan fingerprint density at radius 2 is 1.94 bits per heavy atom. The van der Waals surface area contributed by atoms with Crippen molar-refractivity contribution in [1.82, 2.24) is 10.2 Å². The van der Waals surface area contributed by atoms with Gasteiger partial charge in [0, 0.05) is 0 Å². The molecule has 0 radical (unpaired) electrons. The molecule has 18 heavy (non-hydrogen) atoms. The Morgan fingerprint density at radius 1 is 1.22 bits per heavy atom. The van der Waals surface area contributed by atoms with Crippen LogP contribution in [0.1, 0.15) is 17.4 Å². The maximum absolute atomic E-state index is 11.6. The van der Waals surface area contributed by atoms with Gasteiger partial charge in [-0.3, -0.25) is 15.0 Å². The number of benzene rings is 1. The molecular formula is C12H12N2O4. The maximum Gasteiger partial charge on any atom is 0.360 e. The number of nitrogens with one attached hydrogen (secondary N) is 2. The number of rotatable bonds is 4. The number of esters is 1. The fourth-order valence-corrected chi connectivity index (χ4v) is 1.40. The van der Waals surface area contributed by atoms with E-state index in [0.29, 0.717) is 5.75 Å². The molecule has 0 saturated heterocycles. The van der Waals surface area contributed by atoms with Crippen molar-refractivity contribution in [3.8, 4) is 11.5 Å². The zero-order valence-electron chi connectivity index (χ0n) is 9.73. The van der Waals surface area contributed by atoms with Gasteiger partial charge in [0.1, 0.15) is 5.75 Å². The topological polar surface area (TPSA) is 84.2 Å². The van der Waals surface area contributed by atoms with E-state index in [4.69, 9.17) is 9.47 Å². The van der Waals surface area contributed by atoms with E-state index >= 15 is 0 Å². The summed E-state index contributed by atoms with van der Waals surface area (Å²) in [5.41, 5.74) is -0.535. The molecule has 0 aliphatic carbocycles. The fraction of sp³-hybridized carbons (Fsp3) is 0.167. The fourth-order valence-electron chi connectivity index (χ4n) is 1.40. The number of aromatic nitrogens is 2. The summed E-state index contributed by atoms with van der Waals surface area (Å²) in [5.74, 6) is -0.269. The molecule has 0 saturated carbocycles. The van der Waals surface area contributed by atoms with Crippen LogP contribution in [0, 0.1) is 0 Å². The molecule has 0 aliphatic heterocycles. The summed E-state index contributed by atoms with van der Waals surface area (Å²) in [6, 6.07) is 8.71. The third-order valence-electron chi connectivity index (χ3n) is 2.18. The average Bonchev–Trinajstić information content (AvgIpc) is 2.73. The first-order chi connectivity index (χ1) is 8.72. The van der Waals surface area contributed by atoms with Crippen LogP contribution in [0.15, 0.2) is 35.1 Å². The number of hydrogen-bond donors (Lipinski definition) is 2. The molecule has 2 aromatic rings. The van der Waals surface area contributed by atoms with Crippen LogP contribution in [-0.4, -0.2) is 22.8 Å². The first-order valence-electron chi connectivity index (χ1n) is 5.43. The molecule has 2 rings (SSSR count). The Kier molecular flexibility index (Phi) is 3.47. The highest BCUT2D eigenvalue weighted by Crippen LogP contribution is 2.20. The van der Waals surface area contributed by atoms with Crippen LogP contribution in [-0.2, 0) is 4.74 Å². The van der Waals surface area contributed by atoms with Crippen molar-refractivity contribution in [2.75, 3.05) is 6.61 Å². The largest absolute Gasteiger partial charge is 0.461 e. The molecule has 6 heteroatoms. The van der Waals surface area contributed by atoms with E-state index in [9.17, 15) is 9.59 Å². The second-order valence-corrected chi connectivity index (χ2v) is 3.42. The highest BCUT2D eigenvalue weighted by Gasteiger charge is 2.20. The maximum atomic E-state index is 11.6. The number of hydrogen-bond acceptors (Lipinski definition) is 4. The monoisotopic (exact) mass is 248 g/mol. The van der Waals surface area contributed by atoms with Crippen LogP contribution < -0.4 is 10.3 Å². The van der Waals surface area contributed by atoms with E-state index in [1.54, 1.807) is 31.2 Å². The zero-order chi connectivity index (χ0) is 13.0. The lowest BCUT2D eigenvalue weighted by molar-refractivity contribution is 0.0516. The van der Waals surface area contributed by atoms with Crippen molar-refractivity contribution in [2.24, 2.45) is 0 Å². The van der Waals surface area contributed by atoms with Crippen LogP contribution in [0.3, 0.4) is 0 Å². The lowest BCUT2D eigenvalue weighted by Crippen LogP contribution is -2.08. The molecule has 0 bridgehead atoms. The van der Waals surface area contributed by atoms with Gasteiger partial charge in [0.05, 0.1) is 6.61 Å². The number of H-pyrrole nitrogens is 2.